The maximum atomic E-state index is 12.0. The molecular formula is C15H18ClNO. The number of benzene rings is 1. The Bertz CT molecular complexity index is 432. The van der Waals surface area contributed by atoms with E-state index in [0.717, 1.165) is 37.4 Å². The highest BCUT2D eigenvalue weighted by molar-refractivity contribution is 6.30. The van der Waals surface area contributed by atoms with Crippen LogP contribution in [0.2, 0.25) is 5.02 Å². The third-order valence-corrected chi connectivity index (χ3v) is 4.41. The Labute approximate surface area is 113 Å². The van der Waals surface area contributed by atoms with Crippen molar-refractivity contribution in [1.82, 2.24) is 4.90 Å². The highest BCUT2D eigenvalue weighted by Gasteiger charge is 2.36. The highest BCUT2D eigenvalue weighted by Crippen LogP contribution is 2.31. The van der Waals surface area contributed by atoms with Gasteiger partial charge in [-0.2, -0.15) is 0 Å². The summed E-state index contributed by atoms with van der Waals surface area (Å²) in [5, 5.41) is 0.786. The molecule has 0 aromatic heterocycles. The molecule has 0 unspecified atom stereocenters. The van der Waals surface area contributed by atoms with Crippen molar-refractivity contribution in [3.8, 4) is 0 Å². The molecule has 1 saturated carbocycles. The Hall–Kier alpha value is -1.02. The number of carbonyl (C=O) groups is 1. The van der Waals surface area contributed by atoms with E-state index in [-0.39, 0.29) is 0 Å². The van der Waals surface area contributed by atoms with E-state index in [2.05, 4.69) is 12.1 Å². The fourth-order valence-electron chi connectivity index (χ4n) is 2.75. The predicted octanol–water partition coefficient (Wildman–Crippen LogP) is 3.14. The van der Waals surface area contributed by atoms with Crippen molar-refractivity contribution in [2.45, 2.75) is 25.7 Å². The first-order valence-corrected chi connectivity index (χ1v) is 7.13. The molecule has 2 fully saturated rings. The van der Waals surface area contributed by atoms with E-state index in [4.69, 9.17) is 11.6 Å². The quantitative estimate of drug-likeness (QED) is 0.820. The molecule has 3 heteroatoms. The Balaban J connectivity index is 1.47. The summed E-state index contributed by atoms with van der Waals surface area (Å²) in [5.74, 6) is 1.38. The van der Waals surface area contributed by atoms with E-state index in [0.29, 0.717) is 17.7 Å². The summed E-state index contributed by atoms with van der Waals surface area (Å²) in [7, 11) is 0. The fraction of sp³-hybridized carbons (Fsp3) is 0.533. The molecule has 18 heavy (non-hydrogen) atoms. The zero-order chi connectivity index (χ0) is 12.5. The second-order valence-corrected chi connectivity index (χ2v) is 6.00. The van der Waals surface area contributed by atoms with Gasteiger partial charge in [0.15, 0.2) is 0 Å². The van der Waals surface area contributed by atoms with Crippen LogP contribution in [-0.4, -0.2) is 23.9 Å². The Kier molecular flexibility index (Phi) is 3.29. The minimum Gasteiger partial charge on any atom is -0.342 e. The summed E-state index contributed by atoms with van der Waals surface area (Å²) < 4.78 is 0. The number of carbonyl (C=O) groups excluding carboxylic acids is 1. The number of amides is 1. The van der Waals surface area contributed by atoms with Gasteiger partial charge >= 0.3 is 0 Å². The average molecular weight is 264 g/mol. The summed E-state index contributed by atoms with van der Waals surface area (Å²) in [6, 6.07) is 8.04. The second kappa shape index (κ2) is 4.93. The first kappa shape index (κ1) is 12.0. The Morgan fingerprint density at radius 2 is 1.89 bits per heavy atom. The first-order chi connectivity index (χ1) is 8.72. The number of rotatable bonds is 3. The zero-order valence-electron chi connectivity index (χ0n) is 10.4. The molecule has 0 N–H and O–H groups in total. The average Bonchev–Trinajstić information content (AvgIpc) is 2.22. The number of halogens is 1. The Morgan fingerprint density at radius 3 is 2.44 bits per heavy atom. The molecule has 0 spiro atoms. The molecule has 0 bridgehead atoms. The van der Waals surface area contributed by atoms with E-state index >= 15 is 0 Å². The normalized spacial score (nSPS) is 20.4. The first-order valence-electron chi connectivity index (χ1n) is 6.75. The summed E-state index contributed by atoms with van der Waals surface area (Å²) in [4.78, 5) is 14.0. The number of hydrogen-bond acceptors (Lipinski definition) is 1. The van der Waals surface area contributed by atoms with Crippen molar-refractivity contribution in [2.24, 2.45) is 11.8 Å². The third kappa shape index (κ3) is 2.39. The molecule has 2 aliphatic rings. The second-order valence-electron chi connectivity index (χ2n) is 5.57. The molecule has 1 aromatic carbocycles. The number of hydrogen-bond donors (Lipinski definition) is 0. The summed E-state index contributed by atoms with van der Waals surface area (Å²) in [6.45, 7) is 1.88. The van der Waals surface area contributed by atoms with Gasteiger partial charge < -0.3 is 4.90 Å². The highest BCUT2D eigenvalue weighted by atomic mass is 35.5. The van der Waals surface area contributed by atoms with E-state index in [9.17, 15) is 4.79 Å². The van der Waals surface area contributed by atoms with E-state index in [1.54, 1.807) is 0 Å². The van der Waals surface area contributed by atoms with Gasteiger partial charge in [-0.1, -0.05) is 30.2 Å². The largest absolute Gasteiger partial charge is 0.342 e. The van der Waals surface area contributed by atoms with Crippen LogP contribution in [0.3, 0.4) is 0 Å². The topological polar surface area (TPSA) is 20.3 Å². The van der Waals surface area contributed by atoms with Crippen molar-refractivity contribution in [2.75, 3.05) is 13.1 Å². The van der Waals surface area contributed by atoms with Crippen LogP contribution >= 0.6 is 11.6 Å². The number of nitrogens with zero attached hydrogens (tertiary/aromatic N) is 1. The van der Waals surface area contributed by atoms with Gasteiger partial charge in [-0.05, 0) is 42.9 Å². The lowest BCUT2D eigenvalue weighted by Gasteiger charge is -2.42. The van der Waals surface area contributed by atoms with Gasteiger partial charge in [0.05, 0.1) is 0 Å². The molecule has 1 aliphatic heterocycles. The van der Waals surface area contributed by atoms with Crippen molar-refractivity contribution in [1.29, 1.82) is 0 Å². The van der Waals surface area contributed by atoms with Crippen molar-refractivity contribution >= 4 is 17.5 Å². The van der Waals surface area contributed by atoms with Crippen LogP contribution in [0.4, 0.5) is 0 Å². The van der Waals surface area contributed by atoms with Crippen LogP contribution < -0.4 is 0 Å². The van der Waals surface area contributed by atoms with Crippen LogP contribution in [0.5, 0.6) is 0 Å². The minimum atomic E-state index is 0.349. The van der Waals surface area contributed by atoms with Gasteiger partial charge in [0.1, 0.15) is 0 Å². The molecule has 1 heterocycles. The van der Waals surface area contributed by atoms with Gasteiger partial charge in [0.2, 0.25) is 5.91 Å². The predicted molar refractivity (Wildman–Crippen MR) is 72.6 cm³/mol. The van der Waals surface area contributed by atoms with Gasteiger partial charge in [0.25, 0.3) is 0 Å². The minimum absolute atomic E-state index is 0.349. The monoisotopic (exact) mass is 263 g/mol. The number of likely N-dealkylation sites (tertiary alicyclic amines) is 1. The lowest BCUT2D eigenvalue weighted by Crippen LogP contribution is -2.53. The van der Waals surface area contributed by atoms with E-state index in [1.165, 1.54) is 12.0 Å². The van der Waals surface area contributed by atoms with Crippen LogP contribution in [0, 0.1) is 11.8 Å². The van der Waals surface area contributed by atoms with Crippen LogP contribution in [0.15, 0.2) is 24.3 Å². The molecular weight excluding hydrogens is 246 g/mol. The maximum absolute atomic E-state index is 12.0. The van der Waals surface area contributed by atoms with Gasteiger partial charge in [-0.3, -0.25) is 4.79 Å². The lowest BCUT2D eigenvalue weighted by molar-refractivity contribution is -0.144. The third-order valence-electron chi connectivity index (χ3n) is 4.16. The molecule has 2 nitrogen and oxygen atoms in total. The van der Waals surface area contributed by atoms with Crippen LogP contribution in [0.1, 0.15) is 24.8 Å². The molecule has 3 rings (SSSR count). The fourth-order valence-corrected chi connectivity index (χ4v) is 2.87. The van der Waals surface area contributed by atoms with E-state index < -0.39 is 0 Å². The molecule has 0 atom stereocenters. The Morgan fingerprint density at radius 1 is 1.22 bits per heavy atom. The standard InChI is InChI=1S/C15H18ClNO/c16-14-6-4-11(5-7-14)8-12-9-17(10-12)15(18)13-2-1-3-13/h4-7,12-13H,1-3,8-10H2. The summed E-state index contributed by atoms with van der Waals surface area (Å²) in [6.07, 6.45) is 4.51. The van der Waals surface area contributed by atoms with Gasteiger partial charge in [0, 0.05) is 24.0 Å². The summed E-state index contributed by atoms with van der Waals surface area (Å²) in [5.41, 5.74) is 1.32. The zero-order valence-corrected chi connectivity index (χ0v) is 11.2. The van der Waals surface area contributed by atoms with Crippen molar-refractivity contribution in [3.05, 3.63) is 34.9 Å². The van der Waals surface area contributed by atoms with Crippen LogP contribution in [-0.2, 0) is 11.2 Å². The lowest BCUT2D eigenvalue weighted by atomic mass is 9.82. The van der Waals surface area contributed by atoms with Crippen LogP contribution in [0.25, 0.3) is 0 Å². The molecule has 1 saturated heterocycles. The molecule has 1 aromatic rings. The van der Waals surface area contributed by atoms with Gasteiger partial charge in [-0.15, -0.1) is 0 Å². The van der Waals surface area contributed by atoms with E-state index in [1.807, 2.05) is 17.0 Å². The SMILES string of the molecule is O=C(C1CCC1)N1CC(Cc2ccc(Cl)cc2)C1. The molecule has 1 amide bonds. The smallest absolute Gasteiger partial charge is 0.225 e. The molecule has 0 radical (unpaired) electrons. The van der Waals surface area contributed by atoms with Crippen molar-refractivity contribution in [3.63, 3.8) is 0 Å². The summed E-state index contributed by atoms with van der Waals surface area (Å²) >= 11 is 5.87. The molecule has 96 valence electrons. The van der Waals surface area contributed by atoms with Gasteiger partial charge in [-0.25, -0.2) is 0 Å². The van der Waals surface area contributed by atoms with Crippen molar-refractivity contribution < 1.29 is 4.79 Å². The maximum Gasteiger partial charge on any atom is 0.225 e. The molecule has 1 aliphatic carbocycles.